The Morgan fingerprint density at radius 1 is 1.44 bits per heavy atom. The zero-order valence-corrected chi connectivity index (χ0v) is 5.52. The minimum atomic E-state index is -0.708. The number of hydrogen-bond acceptors (Lipinski definition) is 2. The predicted octanol–water partition coefficient (Wildman–Crippen LogP) is 1.42. The Hall–Kier alpha value is -0.730. The summed E-state index contributed by atoms with van der Waals surface area (Å²) in [6.45, 7) is 0. The SMILES string of the molecule is N#CC1CC(Cl)(C#N)C1. The zero-order chi connectivity index (χ0) is 6.91. The van der Waals surface area contributed by atoms with Crippen LogP contribution in [0.15, 0.2) is 0 Å². The maximum atomic E-state index is 8.37. The molecule has 1 aliphatic carbocycles. The smallest absolute Gasteiger partial charge is 0.133 e. The topological polar surface area (TPSA) is 47.6 Å². The first kappa shape index (κ1) is 6.39. The Kier molecular flexibility index (Phi) is 1.35. The molecule has 0 aliphatic heterocycles. The van der Waals surface area contributed by atoms with Gasteiger partial charge in [-0.1, -0.05) is 0 Å². The van der Waals surface area contributed by atoms with Crippen LogP contribution in [0.5, 0.6) is 0 Å². The van der Waals surface area contributed by atoms with E-state index in [9.17, 15) is 0 Å². The molecule has 0 atom stereocenters. The average molecular weight is 141 g/mol. The van der Waals surface area contributed by atoms with Crippen molar-refractivity contribution < 1.29 is 0 Å². The quantitative estimate of drug-likeness (QED) is 0.478. The number of nitriles is 2. The normalized spacial score (nSPS) is 40.1. The van der Waals surface area contributed by atoms with Crippen molar-refractivity contribution in [3.8, 4) is 12.1 Å². The Labute approximate surface area is 58.6 Å². The van der Waals surface area contributed by atoms with E-state index in [0.29, 0.717) is 12.8 Å². The third-order valence-electron chi connectivity index (χ3n) is 1.52. The van der Waals surface area contributed by atoms with Crippen molar-refractivity contribution in [2.24, 2.45) is 5.92 Å². The summed E-state index contributed by atoms with van der Waals surface area (Å²) in [6, 6.07) is 4.01. The maximum absolute atomic E-state index is 8.37. The molecule has 0 aromatic rings. The molecule has 0 saturated heterocycles. The minimum Gasteiger partial charge on any atom is -0.198 e. The van der Waals surface area contributed by atoms with Crippen molar-refractivity contribution in [3.63, 3.8) is 0 Å². The highest BCUT2D eigenvalue weighted by atomic mass is 35.5. The number of rotatable bonds is 0. The minimum absolute atomic E-state index is 0.0159. The van der Waals surface area contributed by atoms with E-state index in [4.69, 9.17) is 22.1 Å². The third-order valence-corrected chi connectivity index (χ3v) is 1.92. The first-order valence-electron chi connectivity index (χ1n) is 2.70. The van der Waals surface area contributed by atoms with Gasteiger partial charge in [0.25, 0.3) is 0 Å². The molecule has 1 fully saturated rings. The van der Waals surface area contributed by atoms with Crippen molar-refractivity contribution in [1.29, 1.82) is 10.5 Å². The Balaban J connectivity index is 2.46. The number of hydrogen-bond donors (Lipinski definition) is 0. The third kappa shape index (κ3) is 0.992. The maximum Gasteiger partial charge on any atom is 0.133 e. The monoisotopic (exact) mass is 140 g/mol. The molecule has 2 nitrogen and oxygen atoms in total. The van der Waals surface area contributed by atoms with Crippen molar-refractivity contribution in [2.75, 3.05) is 0 Å². The zero-order valence-electron chi connectivity index (χ0n) is 4.76. The fourth-order valence-corrected chi connectivity index (χ4v) is 1.28. The fraction of sp³-hybridized carbons (Fsp3) is 0.667. The lowest BCUT2D eigenvalue weighted by molar-refractivity contribution is 0.340. The summed E-state index contributed by atoms with van der Waals surface area (Å²) in [5.74, 6) is 0.0159. The van der Waals surface area contributed by atoms with Crippen LogP contribution in [-0.2, 0) is 0 Å². The highest BCUT2D eigenvalue weighted by Gasteiger charge is 2.43. The lowest BCUT2D eigenvalue weighted by atomic mass is 9.76. The van der Waals surface area contributed by atoms with Crippen LogP contribution in [0.1, 0.15) is 12.8 Å². The molecule has 0 N–H and O–H groups in total. The van der Waals surface area contributed by atoms with E-state index >= 15 is 0 Å². The molecule has 1 saturated carbocycles. The number of nitrogens with zero attached hydrogens (tertiary/aromatic N) is 2. The highest BCUT2D eigenvalue weighted by Crippen LogP contribution is 2.42. The van der Waals surface area contributed by atoms with Crippen LogP contribution in [0.3, 0.4) is 0 Å². The summed E-state index contributed by atoms with van der Waals surface area (Å²) >= 11 is 5.65. The van der Waals surface area contributed by atoms with Crippen LogP contribution in [0.4, 0.5) is 0 Å². The van der Waals surface area contributed by atoms with Gasteiger partial charge in [-0.2, -0.15) is 10.5 Å². The van der Waals surface area contributed by atoms with Crippen LogP contribution >= 0.6 is 11.6 Å². The molecule has 0 aromatic heterocycles. The van der Waals surface area contributed by atoms with Crippen LogP contribution in [-0.4, -0.2) is 4.87 Å². The van der Waals surface area contributed by atoms with Crippen LogP contribution in [0.2, 0.25) is 0 Å². The molecule has 0 unspecified atom stereocenters. The molecule has 0 aromatic carbocycles. The molecule has 0 heterocycles. The van der Waals surface area contributed by atoms with Gasteiger partial charge >= 0.3 is 0 Å². The van der Waals surface area contributed by atoms with E-state index in [-0.39, 0.29) is 5.92 Å². The molecular weight excluding hydrogens is 136 g/mol. The van der Waals surface area contributed by atoms with Gasteiger partial charge in [0, 0.05) is 0 Å². The van der Waals surface area contributed by atoms with Crippen LogP contribution < -0.4 is 0 Å². The van der Waals surface area contributed by atoms with Gasteiger partial charge in [0.1, 0.15) is 4.87 Å². The van der Waals surface area contributed by atoms with Crippen LogP contribution in [0.25, 0.3) is 0 Å². The molecule has 1 aliphatic rings. The average Bonchev–Trinajstić information content (AvgIpc) is 1.81. The molecule has 46 valence electrons. The largest absolute Gasteiger partial charge is 0.198 e. The summed E-state index contributed by atoms with van der Waals surface area (Å²) < 4.78 is 0. The van der Waals surface area contributed by atoms with E-state index in [1.807, 2.05) is 6.07 Å². The van der Waals surface area contributed by atoms with E-state index in [2.05, 4.69) is 6.07 Å². The van der Waals surface area contributed by atoms with Crippen molar-refractivity contribution in [3.05, 3.63) is 0 Å². The molecule has 0 amide bonds. The predicted molar refractivity (Wildman–Crippen MR) is 32.5 cm³/mol. The summed E-state index contributed by atoms with van der Waals surface area (Å²) in [6.07, 6.45) is 1.06. The van der Waals surface area contributed by atoms with Crippen molar-refractivity contribution in [2.45, 2.75) is 17.7 Å². The van der Waals surface area contributed by atoms with Gasteiger partial charge < -0.3 is 0 Å². The summed E-state index contributed by atoms with van der Waals surface area (Å²) in [7, 11) is 0. The standard InChI is InChI=1S/C6H5ClN2/c7-6(4-9)1-5(2-6)3-8/h5H,1-2H2. The van der Waals surface area contributed by atoms with E-state index < -0.39 is 4.87 Å². The van der Waals surface area contributed by atoms with Gasteiger partial charge in [-0.05, 0) is 12.8 Å². The number of halogens is 1. The molecule has 1 rings (SSSR count). The van der Waals surface area contributed by atoms with Gasteiger partial charge in [0.05, 0.1) is 18.1 Å². The molecule has 9 heavy (non-hydrogen) atoms. The first-order valence-corrected chi connectivity index (χ1v) is 3.08. The van der Waals surface area contributed by atoms with E-state index in [1.54, 1.807) is 0 Å². The molecule has 3 heteroatoms. The Morgan fingerprint density at radius 3 is 2.33 bits per heavy atom. The molecular formula is C6H5ClN2. The second kappa shape index (κ2) is 1.90. The van der Waals surface area contributed by atoms with Crippen LogP contribution in [0, 0.1) is 28.6 Å². The lowest BCUT2D eigenvalue weighted by Crippen LogP contribution is -2.36. The molecule has 0 spiro atoms. The molecule has 0 radical (unpaired) electrons. The second-order valence-corrected chi connectivity index (χ2v) is 3.03. The lowest BCUT2D eigenvalue weighted by Gasteiger charge is -2.32. The van der Waals surface area contributed by atoms with E-state index in [0.717, 1.165) is 0 Å². The second-order valence-electron chi connectivity index (χ2n) is 2.31. The van der Waals surface area contributed by atoms with Gasteiger partial charge in [-0.3, -0.25) is 0 Å². The summed E-state index contributed by atoms with van der Waals surface area (Å²) in [5.41, 5.74) is 0. The molecule has 0 bridgehead atoms. The Bertz CT molecular complexity index is 192. The van der Waals surface area contributed by atoms with Gasteiger partial charge in [-0.25, -0.2) is 0 Å². The first-order chi connectivity index (χ1) is 4.20. The number of alkyl halides is 1. The Morgan fingerprint density at radius 2 is 2.00 bits per heavy atom. The van der Waals surface area contributed by atoms with E-state index in [1.165, 1.54) is 0 Å². The fourth-order valence-electron chi connectivity index (χ4n) is 0.904. The van der Waals surface area contributed by atoms with Gasteiger partial charge in [0.15, 0.2) is 0 Å². The summed E-state index contributed by atoms with van der Waals surface area (Å²) in [5, 5.41) is 16.7. The van der Waals surface area contributed by atoms with Gasteiger partial charge in [-0.15, -0.1) is 11.6 Å². The van der Waals surface area contributed by atoms with Crippen molar-refractivity contribution in [1.82, 2.24) is 0 Å². The van der Waals surface area contributed by atoms with Crippen molar-refractivity contribution >= 4 is 11.6 Å². The van der Waals surface area contributed by atoms with Gasteiger partial charge in [0.2, 0.25) is 0 Å². The highest BCUT2D eigenvalue weighted by molar-refractivity contribution is 6.26. The summed E-state index contributed by atoms with van der Waals surface area (Å²) in [4.78, 5) is -0.708.